The highest BCUT2D eigenvalue weighted by Gasteiger charge is 2.31. The number of ether oxygens (including phenoxy) is 1. The number of rotatable bonds is 3. The average molecular weight is 314 g/mol. The molecule has 1 aliphatic rings. The van der Waals surface area contributed by atoms with E-state index in [0.717, 1.165) is 5.69 Å². The van der Waals surface area contributed by atoms with E-state index in [1.165, 1.54) is 0 Å². The lowest BCUT2D eigenvalue weighted by Gasteiger charge is -2.37. The first-order chi connectivity index (χ1) is 9.56. The van der Waals surface area contributed by atoms with Gasteiger partial charge in [0.05, 0.1) is 23.8 Å². The van der Waals surface area contributed by atoms with Gasteiger partial charge in [0.1, 0.15) is 11.0 Å². The quantitative estimate of drug-likeness (QED) is 0.813. The Labute approximate surface area is 128 Å². The molecule has 1 aromatic rings. The van der Waals surface area contributed by atoms with E-state index in [4.69, 9.17) is 34.3 Å². The second kappa shape index (κ2) is 6.39. The number of carbonyl (C=O) groups is 1. The summed E-state index contributed by atoms with van der Waals surface area (Å²) in [6.07, 6.45) is 0. The Hall–Kier alpha value is -1.37. The summed E-state index contributed by atoms with van der Waals surface area (Å²) in [5.74, 6) is -0.112. The molecule has 3 N–H and O–H groups in total. The minimum absolute atomic E-state index is 0.112. The number of nitrogens with one attached hydrogen (secondary N) is 1. The van der Waals surface area contributed by atoms with Gasteiger partial charge in [-0.25, -0.2) is 0 Å². The minimum atomic E-state index is -0.416. The maximum Gasteiger partial charge on any atom is 0.244 e. The Balaban J connectivity index is 2.45. The van der Waals surface area contributed by atoms with E-state index in [-0.39, 0.29) is 10.9 Å². The maximum atomic E-state index is 12.0. The van der Waals surface area contributed by atoms with E-state index in [9.17, 15) is 4.79 Å². The van der Waals surface area contributed by atoms with Crippen molar-refractivity contribution in [1.82, 2.24) is 5.32 Å². The molecule has 1 saturated heterocycles. The predicted octanol–water partition coefficient (Wildman–Crippen LogP) is 0.925. The molecule has 20 heavy (non-hydrogen) atoms. The standard InChI is InChI=1S/C13H16ClN3O2S/c1-16-13(18)10-7-19-6-5-17(10)9-4-2-3-8(14)11(9)12(15)20/h2-4,10H,5-7H2,1H3,(H2,15,20)(H,16,18). The van der Waals surface area contributed by atoms with Crippen molar-refractivity contribution in [2.24, 2.45) is 5.73 Å². The third kappa shape index (κ3) is 2.87. The fourth-order valence-corrected chi connectivity index (χ4v) is 2.81. The first kappa shape index (κ1) is 15.0. The van der Waals surface area contributed by atoms with Crippen LogP contribution in [0.3, 0.4) is 0 Å². The number of morpholine rings is 1. The molecule has 2 rings (SSSR count). The smallest absolute Gasteiger partial charge is 0.244 e. The van der Waals surface area contributed by atoms with Crippen LogP contribution in [0.15, 0.2) is 18.2 Å². The summed E-state index contributed by atoms with van der Waals surface area (Å²) in [6, 6.07) is 4.99. The molecular formula is C13H16ClN3O2S. The zero-order valence-electron chi connectivity index (χ0n) is 11.1. The van der Waals surface area contributed by atoms with Gasteiger partial charge in [-0.05, 0) is 12.1 Å². The molecule has 0 aliphatic carbocycles. The lowest BCUT2D eigenvalue weighted by atomic mass is 10.1. The van der Waals surface area contributed by atoms with E-state index in [0.29, 0.717) is 30.3 Å². The number of nitrogens with two attached hydrogens (primary N) is 1. The largest absolute Gasteiger partial charge is 0.389 e. The first-order valence-corrected chi connectivity index (χ1v) is 6.99. The molecule has 1 unspecified atom stereocenters. The van der Waals surface area contributed by atoms with Crippen molar-refractivity contribution >= 4 is 40.4 Å². The molecule has 0 spiro atoms. The van der Waals surface area contributed by atoms with Gasteiger partial charge >= 0.3 is 0 Å². The van der Waals surface area contributed by atoms with Gasteiger partial charge in [-0.3, -0.25) is 4.79 Å². The summed E-state index contributed by atoms with van der Waals surface area (Å²) in [4.78, 5) is 14.1. The van der Waals surface area contributed by atoms with Gasteiger partial charge in [-0.2, -0.15) is 0 Å². The summed E-state index contributed by atoms with van der Waals surface area (Å²) < 4.78 is 5.39. The fraction of sp³-hybridized carbons (Fsp3) is 0.385. The summed E-state index contributed by atoms with van der Waals surface area (Å²) >= 11 is 11.3. The summed E-state index contributed by atoms with van der Waals surface area (Å²) in [5.41, 5.74) is 7.13. The molecule has 0 saturated carbocycles. The lowest BCUT2D eigenvalue weighted by molar-refractivity contribution is -0.124. The maximum absolute atomic E-state index is 12.0. The Kier molecular flexibility index (Phi) is 4.80. The van der Waals surface area contributed by atoms with Gasteiger partial charge in [0.25, 0.3) is 0 Å². The molecule has 1 amide bonds. The summed E-state index contributed by atoms with van der Waals surface area (Å²) in [7, 11) is 1.60. The van der Waals surface area contributed by atoms with Crippen molar-refractivity contribution in [3.05, 3.63) is 28.8 Å². The Morgan fingerprint density at radius 1 is 1.60 bits per heavy atom. The topological polar surface area (TPSA) is 67.6 Å². The minimum Gasteiger partial charge on any atom is -0.389 e. The normalized spacial score (nSPS) is 18.7. The molecule has 1 aliphatic heterocycles. The van der Waals surface area contributed by atoms with Crippen LogP contribution in [-0.4, -0.2) is 43.7 Å². The van der Waals surface area contributed by atoms with Gasteiger partial charge < -0.3 is 20.7 Å². The Bertz CT molecular complexity index is 538. The van der Waals surface area contributed by atoms with Gasteiger partial charge in [0.2, 0.25) is 5.91 Å². The van der Waals surface area contributed by atoms with Crippen LogP contribution in [0, 0.1) is 0 Å². The lowest BCUT2D eigenvalue weighted by Crippen LogP contribution is -2.53. The van der Waals surface area contributed by atoms with Crippen LogP contribution in [0.1, 0.15) is 5.56 Å². The van der Waals surface area contributed by atoms with Crippen molar-refractivity contribution in [3.63, 3.8) is 0 Å². The predicted molar refractivity (Wildman–Crippen MR) is 83.4 cm³/mol. The fourth-order valence-electron chi connectivity index (χ4n) is 2.27. The zero-order chi connectivity index (χ0) is 14.7. The van der Waals surface area contributed by atoms with Crippen molar-refractivity contribution in [2.45, 2.75) is 6.04 Å². The second-order valence-corrected chi connectivity index (χ2v) is 5.24. The molecule has 7 heteroatoms. The number of amides is 1. The van der Waals surface area contributed by atoms with Crippen LogP contribution in [0.5, 0.6) is 0 Å². The van der Waals surface area contributed by atoms with E-state index < -0.39 is 6.04 Å². The van der Waals surface area contributed by atoms with Crippen molar-refractivity contribution < 1.29 is 9.53 Å². The van der Waals surface area contributed by atoms with Crippen LogP contribution >= 0.6 is 23.8 Å². The van der Waals surface area contributed by atoms with E-state index in [2.05, 4.69) is 5.32 Å². The molecule has 0 bridgehead atoms. The SMILES string of the molecule is CNC(=O)C1COCCN1c1cccc(Cl)c1C(N)=S. The number of carbonyl (C=O) groups excluding carboxylic acids is 1. The van der Waals surface area contributed by atoms with E-state index in [1.54, 1.807) is 13.1 Å². The highest BCUT2D eigenvalue weighted by atomic mass is 35.5. The summed E-state index contributed by atoms with van der Waals surface area (Å²) in [6.45, 7) is 1.44. The zero-order valence-corrected chi connectivity index (χ0v) is 12.6. The molecule has 5 nitrogen and oxygen atoms in total. The molecule has 108 valence electrons. The van der Waals surface area contributed by atoms with Crippen molar-refractivity contribution in [2.75, 3.05) is 31.7 Å². The molecular weight excluding hydrogens is 298 g/mol. The van der Waals surface area contributed by atoms with Crippen LogP contribution in [-0.2, 0) is 9.53 Å². The molecule has 1 atom stereocenters. The highest BCUT2D eigenvalue weighted by molar-refractivity contribution is 7.80. The van der Waals surface area contributed by atoms with Crippen LogP contribution in [0.25, 0.3) is 0 Å². The Morgan fingerprint density at radius 3 is 3.00 bits per heavy atom. The number of anilines is 1. The number of hydrogen-bond acceptors (Lipinski definition) is 4. The number of hydrogen-bond donors (Lipinski definition) is 2. The Morgan fingerprint density at radius 2 is 2.35 bits per heavy atom. The van der Waals surface area contributed by atoms with E-state index in [1.807, 2.05) is 17.0 Å². The number of halogens is 1. The number of likely N-dealkylation sites (N-methyl/N-ethyl adjacent to an activating group) is 1. The molecule has 0 aromatic heterocycles. The number of nitrogens with zero attached hydrogens (tertiary/aromatic N) is 1. The molecule has 1 aromatic carbocycles. The van der Waals surface area contributed by atoms with Gasteiger partial charge in [0, 0.05) is 19.3 Å². The van der Waals surface area contributed by atoms with Gasteiger partial charge in [-0.1, -0.05) is 29.9 Å². The monoisotopic (exact) mass is 313 g/mol. The molecule has 1 heterocycles. The van der Waals surface area contributed by atoms with Crippen LogP contribution in [0.4, 0.5) is 5.69 Å². The molecule has 0 radical (unpaired) electrons. The van der Waals surface area contributed by atoms with Crippen LogP contribution < -0.4 is 16.0 Å². The van der Waals surface area contributed by atoms with Crippen molar-refractivity contribution in [3.8, 4) is 0 Å². The van der Waals surface area contributed by atoms with E-state index >= 15 is 0 Å². The van der Waals surface area contributed by atoms with Gasteiger partial charge in [-0.15, -0.1) is 0 Å². The first-order valence-electron chi connectivity index (χ1n) is 6.20. The van der Waals surface area contributed by atoms with Crippen LogP contribution in [0.2, 0.25) is 5.02 Å². The van der Waals surface area contributed by atoms with Gasteiger partial charge in [0.15, 0.2) is 0 Å². The highest BCUT2D eigenvalue weighted by Crippen LogP contribution is 2.30. The average Bonchev–Trinajstić information content (AvgIpc) is 2.45. The number of thiocarbonyl (C=S) groups is 1. The van der Waals surface area contributed by atoms with Crippen molar-refractivity contribution in [1.29, 1.82) is 0 Å². The second-order valence-electron chi connectivity index (χ2n) is 4.40. The third-order valence-corrected chi connectivity index (χ3v) is 3.74. The number of benzene rings is 1. The molecule has 1 fully saturated rings. The third-order valence-electron chi connectivity index (χ3n) is 3.22. The summed E-state index contributed by atoms with van der Waals surface area (Å²) in [5, 5.41) is 3.12.